The van der Waals surface area contributed by atoms with Crippen LogP contribution in [0.1, 0.15) is 331 Å². The Morgan fingerprint density at radius 2 is 0.707 bits per heavy atom. The lowest BCUT2D eigenvalue weighted by atomic mass is 9.44. The number of rotatable bonds is 13. The molecule has 4 N–H and O–H groups in total. The third-order valence-electron chi connectivity index (χ3n) is 44.5. The summed E-state index contributed by atoms with van der Waals surface area (Å²) in [5.41, 5.74) is 8.58. The highest BCUT2D eigenvalue weighted by Gasteiger charge is 2.68. The summed E-state index contributed by atoms with van der Waals surface area (Å²) < 4.78 is 10.8. The van der Waals surface area contributed by atoms with Gasteiger partial charge in [-0.2, -0.15) is 20.1 Å². The van der Waals surface area contributed by atoms with Crippen molar-refractivity contribution in [1.29, 1.82) is 0 Å². The molecule has 0 unspecified atom stereocenters. The number of fused-ring (bicyclic) bond motifs is 23. The standard InChI is InChI=1S/C29H41N3O3.2C29H41N3O2.C26H40N2O2/c1-27(34)13-14-28(2)18(16-27)5-7-20-21-8-9-23(29(21,3)12-11-22(20)28)26(33)17-32-25-15-19(35-4)6-10-24(25)30-31-32;1-18-6-5-7-24-26(18)30-31-32(24)17-25(33)23-11-10-21-20-9-8-19-16-27(2,34)14-15-28(19,3)22(20)12-13-29(21,23)4;1-18-6-5-7-24-26(18)31-32(30-24)17-25(33)23-11-10-21-20-9-8-19-16-27(2,34)14-15-28(19,3)22(20)12-13-29(21,23)4;1-17-10-14-28(27-17)16-23(29)22-8-7-20-19-6-5-18-15-24(2,30)12-13-25(18,3)21(19)9-11-26(20,22)4/h6,10,15,18,20-23,34H,5,7-9,11-14,16-17H2,1-4H3;2*5-7,19-23,34H,8-17H2,1-4H3;10,14,18-22,30H,5-9,11-13,15-16H2,1-4H3/t18-,20+,21+,22+,23-,27-,28+,29+;2*19-,20+,21+,22+,23-,27-,28+,29+;18-,19+,20+,21+,22-,24-,25+,26+/m1111/s1. The van der Waals surface area contributed by atoms with Crippen LogP contribution in [0.15, 0.2) is 66.9 Å². The van der Waals surface area contributed by atoms with E-state index in [1.807, 2.05) is 125 Å². The fourth-order valence-corrected chi connectivity index (χ4v) is 37.0. The zero-order valence-corrected chi connectivity index (χ0v) is 83.9. The molecule has 4 heterocycles. The maximum Gasteiger partial charge on any atom is 0.159 e. The fourth-order valence-electron chi connectivity index (χ4n) is 37.0. The van der Waals surface area contributed by atoms with E-state index >= 15 is 0 Å². The Hall–Kier alpha value is -6.61. The van der Waals surface area contributed by atoms with Gasteiger partial charge in [-0.1, -0.05) is 90.1 Å². The highest BCUT2D eigenvalue weighted by molar-refractivity contribution is 5.87. The van der Waals surface area contributed by atoms with E-state index in [1.165, 1.54) is 128 Å². The first-order valence-electron chi connectivity index (χ1n) is 53.5. The number of carbonyl (C=O) groups excluding carboxylic acids is 4. The van der Waals surface area contributed by atoms with Gasteiger partial charge in [-0.25, -0.2) is 9.36 Å². The minimum absolute atomic E-state index is 0.0929. The number of nitrogens with zero attached hydrogens (tertiary/aromatic N) is 11. The average Bonchev–Trinajstić information content (AvgIpc) is 1.67. The highest BCUT2D eigenvalue weighted by atomic mass is 16.5. The van der Waals surface area contributed by atoms with Crippen LogP contribution in [0.2, 0.25) is 0 Å². The Bertz CT molecular complexity index is 5530. The molecule has 0 bridgehead atoms. The molecular weight excluding hydrogens is 1660 g/mol. The van der Waals surface area contributed by atoms with Gasteiger partial charge in [-0.15, -0.1) is 10.2 Å². The molecule has 3 aromatic carbocycles. The summed E-state index contributed by atoms with van der Waals surface area (Å²) in [7, 11) is 1.65. The summed E-state index contributed by atoms with van der Waals surface area (Å²) in [4.78, 5) is 56.0. The summed E-state index contributed by atoms with van der Waals surface area (Å²) in [5.74, 6) is 14.1. The molecule has 0 spiro atoms. The molecule has 16 fully saturated rings. The van der Waals surface area contributed by atoms with Gasteiger partial charge in [0.25, 0.3) is 0 Å². The van der Waals surface area contributed by atoms with E-state index in [-0.39, 0.29) is 45.3 Å². The van der Waals surface area contributed by atoms with Crippen LogP contribution < -0.4 is 4.74 Å². The molecule has 16 aliphatic carbocycles. The predicted octanol–water partition coefficient (Wildman–Crippen LogP) is 22.0. The molecule has 32 atom stereocenters. The van der Waals surface area contributed by atoms with Crippen molar-refractivity contribution in [2.45, 2.75) is 384 Å². The van der Waals surface area contributed by atoms with E-state index in [4.69, 9.17) is 4.74 Å². The summed E-state index contributed by atoms with van der Waals surface area (Å²) in [5, 5.41) is 73.9. The third kappa shape index (κ3) is 16.2. The number of Topliss-reactive ketones (excluding diaryl/α,β-unsaturated/α-hetero) is 4. The Labute approximate surface area is 792 Å². The molecule has 20 heteroatoms. The van der Waals surface area contributed by atoms with Gasteiger partial charge in [-0.05, 0) is 459 Å². The SMILES string of the molecule is COc1ccc2nnn(CC(=O)[C@H]3CC[C@H]4[C@@H]5CC[C@@H]6C[C@](C)(O)CC[C@]6(C)[C@H]5CC[C@]34C)c2c1.Cc1cccc2c1nnn2CC(=O)[C@H]1CC[C@H]2[C@@H]3CC[C@@H]4C[C@](C)(O)CC[C@]4(C)[C@H]3CC[C@]12C.Cc1cccc2nn(CC(=O)[C@H]3CC[C@H]4[C@@H]5CC[C@@H]6C[C@](C)(O)CC[C@]6(C)[C@H]5CC[C@]34C)nc12.Cc1ccn(CC(=O)[C@H]2CC[C@H]3[C@@H]4CC[C@@H]5C[C@](C)(O)CC[C@]5(C)[C@H]4CC[C@]23C)n1. The van der Waals surface area contributed by atoms with E-state index < -0.39 is 22.4 Å². The normalized spacial score (nSPS) is 44.5. The van der Waals surface area contributed by atoms with Crippen LogP contribution in [-0.4, -0.2) is 128 Å². The van der Waals surface area contributed by atoms with Crippen LogP contribution >= 0.6 is 0 Å². The second-order valence-electron chi connectivity index (χ2n) is 51.6. The van der Waals surface area contributed by atoms with Crippen molar-refractivity contribution in [2.75, 3.05) is 7.11 Å². The van der Waals surface area contributed by atoms with E-state index in [1.54, 1.807) is 16.6 Å². The van der Waals surface area contributed by atoms with Gasteiger partial charge in [0, 0.05) is 35.9 Å². The molecule has 0 aliphatic heterocycles. The number of hydrogen-bond acceptors (Lipinski definition) is 16. The third-order valence-corrected chi connectivity index (χ3v) is 44.5. The first kappa shape index (κ1) is 94.0. The molecule has 16 saturated carbocycles. The molecular formula is C113H163N11O9. The molecule has 0 amide bonds. The molecule has 724 valence electrons. The van der Waals surface area contributed by atoms with E-state index in [2.05, 4.69) is 91.3 Å². The number of ketones is 4. The van der Waals surface area contributed by atoms with Gasteiger partial charge < -0.3 is 25.2 Å². The topological polar surface area (TPSA) is 268 Å². The zero-order valence-electron chi connectivity index (χ0n) is 83.9. The first-order chi connectivity index (χ1) is 63.0. The number of hydrogen-bond donors (Lipinski definition) is 4. The molecule has 20 nitrogen and oxygen atoms in total. The van der Waals surface area contributed by atoms with Crippen molar-refractivity contribution in [3.8, 4) is 5.75 Å². The van der Waals surface area contributed by atoms with Crippen LogP contribution in [-0.2, 0) is 45.4 Å². The monoisotopic (exact) mass is 1820 g/mol. The highest BCUT2D eigenvalue weighted by Crippen LogP contribution is 2.74. The molecule has 7 aromatic rings. The van der Waals surface area contributed by atoms with Gasteiger partial charge >= 0.3 is 0 Å². The van der Waals surface area contributed by atoms with Crippen molar-refractivity contribution in [2.24, 2.45) is 162 Å². The van der Waals surface area contributed by atoms with Crippen molar-refractivity contribution in [3.63, 3.8) is 0 Å². The average molecular weight is 1820 g/mol. The van der Waals surface area contributed by atoms with E-state index in [0.29, 0.717) is 118 Å². The predicted molar refractivity (Wildman–Crippen MR) is 519 cm³/mol. The van der Waals surface area contributed by atoms with E-state index in [9.17, 15) is 39.6 Å². The fraction of sp³-hybridized carbons (Fsp3) is 0.779. The number of ether oxygens (including phenoxy) is 1. The summed E-state index contributed by atoms with van der Waals surface area (Å²) in [6.07, 6.45) is 43.1. The molecule has 0 saturated heterocycles. The summed E-state index contributed by atoms with van der Waals surface area (Å²) >= 11 is 0. The Morgan fingerprint density at radius 3 is 1.09 bits per heavy atom. The zero-order chi connectivity index (χ0) is 93.7. The smallest absolute Gasteiger partial charge is 0.159 e. The second kappa shape index (κ2) is 34.1. The van der Waals surface area contributed by atoms with Crippen LogP contribution in [0.5, 0.6) is 5.75 Å². The number of aromatic nitrogens is 11. The first-order valence-corrected chi connectivity index (χ1v) is 53.5. The van der Waals surface area contributed by atoms with Gasteiger partial charge in [0.05, 0.1) is 52.8 Å². The lowest BCUT2D eigenvalue weighted by Gasteiger charge is -2.61. The largest absolute Gasteiger partial charge is 0.497 e. The molecule has 16 aliphatic rings. The summed E-state index contributed by atoms with van der Waals surface area (Å²) in [6.45, 7) is 35.5. The van der Waals surface area contributed by atoms with Crippen molar-refractivity contribution in [3.05, 3.63) is 83.7 Å². The number of benzene rings is 3. The molecule has 0 radical (unpaired) electrons. The number of carbonyl (C=O) groups is 4. The quantitative estimate of drug-likeness (QED) is 0.0836. The molecule has 23 rings (SSSR count). The van der Waals surface area contributed by atoms with Gasteiger partial charge in [0.1, 0.15) is 47.5 Å². The number of aliphatic hydroxyl groups is 4. The Kier molecular flexibility index (Phi) is 24.1. The maximum absolute atomic E-state index is 13.7. The minimum Gasteiger partial charge on any atom is -0.497 e. The van der Waals surface area contributed by atoms with Crippen LogP contribution in [0.3, 0.4) is 0 Å². The van der Waals surface area contributed by atoms with Gasteiger partial charge in [0.15, 0.2) is 23.1 Å². The van der Waals surface area contributed by atoms with Gasteiger partial charge in [-0.3, -0.25) is 23.9 Å². The Balaban J connectivity index is 0.000000110. The maximum atomic E-state index is 13.7. The van der Waals surface area contributed by atoms with Crippen LogP contribution in [0.25, 0.3) is 33.1 Å². The van der Waals surface area contributed by atoms with Crippen molar-refractivity contribution in [1.82, 2.24) is 54.8 Å². The molecule has 133 heavy (non-hydrogen) atoms. The van der Waals surface area contributed by atoms with Crippen molar-refractivity contribution >= 4 is 56.2 Å². The number of methoxy groups -OCH3 is 1. The number of aryl methyl sites for hydroxylation is 3. The van der Waals surface area contributed by atoms with Crippen LogP contribution in [0.4, 0.5) is 0 Å². The lowest BCUT2D eigenvalue weighted by Crippen LogP contribution is -2.55. The van der Waals surface area contributed by atoms with Crippen molar-refractivity contribution < 1.29 is 44.3 Å². The van der Waals surface area contributed by atoms with E-state index in [0.717, 1.165) is 206 Å². The van der Waals surface area contributed by atoms with Gasteiger partial charge in [0.2, 0.25) is 0 Å². The lowest BCUT2D eigenvalue weighted by molar-refractivity contribution is -0.151. The minimum atomic E-state index is -0.486. The summed E-state index contributed by atoms with van der Waals surface area (Å²) in [6, 6.07) is 19.8. The second-order valence-corrected chi connectivity index (χ2v) is 51.6. The van der Waals surface area contributed by atoms with Crippen LogP contribution in [0, 0.1) is 182 Å². The molecule has 4 aromatic heterocycles. The Morgan fingerprint density at radius 1 is 0.346 bits per heavy atom.